The first-order valence-electron chi connectivity index (χ1n) is 12.3. The Morgan fingerprint density at radius 2 is 1.81 bits per heavy atom. The fourth-order valence-electron chi connectivity index (χ4n) is 4.60. The number of Topliss-reactive ketones (excluding diaryl/α,β-unsaturated/α-hetero) is 1. The number of nitrogens with zero attached hydrogens (tertiary/aromatic N) is 6. The van der Waals surface area contributed by atoms with Crippen LogP contribution in [0.15, 0.2) is 36.5 Å². The number of morpholine rings is 1. The van der Waals surface area contributed by atoms with E-state index in [1.807, 2.05) is 18.3 Å². The van der Waals surface area contributed by atoms with Crippen LogP contribution in [-0.4, -0.2) is 94.0 Å². The van der Waals surface area contributed by atoms with Gasteiger partial charge in [-0.15, -0.1) is 0 Å². The zero-order chi connectivity index (χ0) is 25.1. The fraction of sp³-hybridized carbons (Fsp3) is 0.423. The molecule has 0 aliphatic carbocycles. The molecule has 10 heteroatoms. The largest absolute Gasteiger partial charge is 0.508 e. The molecule has 0 saturated carbocycles. The van der Waals surface area contributed by atoms with Crippen molar-refractivity contribution in [2.24, 2.45) is 0 Å². The van der Waals surface area contributed by atoms with E-state index in [-0.39, 0.29) is 23.9 Å². The first-order chi connectivity index (χ1) is 17.5. The number of benzene rings is 1. The summed E-state index contributed by atoms with van der Waals surface area (Å²) in [5.41, 5.74) is 3.22. The van der Waals surface area contributed by atoms with Crippen molar-refractivity contribution in [3.63, 3.8) is 0 Å². The van der Waals surface area contributed by atoms with Crippen LogP contribution in [0.1, 0.15) is 18.9 Å². The summed E-state index contributed by atoms with van der Waals surface area (Å²) in [7, 11) is 0. The van der Waals surface area contributed by atoms with Crippen LogP contribution < -0.4 is 4.90 Å². The third kappa shape index (κ3) is 5.14. The Morgan fingerprint density at radius 3 is 2.53 bits per heavy atom. The molecule has 2 aliphatic rings. The van der Waals surface area contributed by atoms with Gasteiger partial charge in [0.25, 0.3) is 5.91 Å². The number of hydrogen-bond donors (Lipinski definition) is 1. The SMILES string of the molecule is CCC(=O)C(=O)N1CCN(Cc2cnc3c(N4CCOCC4)nc(-c4cccc(O)c4)nc3c2)CC1. The van der Waals surface area contributed by atoms with Gasteiger partial charge in [-0.2, -0.15) is 0 Å². The van der Waals surface area contributed by atoms with E-state index in [0.717, 1.165) is 41.1 Å². The molecule has 0 bridgehead atoms. The van der Waals surface area contributed by atoms with Gasteiger partial charge >= 0.3 is 0 Å². The number of rotatable bonds is 6. The smallest absolute Gasteiger partial charge is 0.290 e. The number of phenolic OH excluding ortho intramolecular Hbond substituents is 1. The molecule has 2 aromatic heterocycles. The highest BCUT2D eigenvalue weighted by atomic mass is 16.5. The number of aromatic nitrogens is 3. The predicted molar refractivity (Wildman–Crippen MR) is 135 cm³/mol. The summed E-state index contributed by atoms with van der Waals surface area (Å²) in [6.45, 7) is 7.54. The third-order valence-electron chi connectivity index (χ3n) is 6.61. The van der Waals surface area contributed by atoms with Crippen LogP contribution in [0.4, 0.5) is 5.82 Å². The summed E-state index contributed by atoms with van der Waals surface area (Å²) in [6, 6.07) is 8.98. The van der Waals surface area contributed by atoms with Gasteiger partial charge in [-0.25, -0.2) is 9.97 Å². The Morgan fingerprint density at radius 1 is 1.03 bits per heavy atom. The van der Waals surface area contributed by atoms with Gasteiger partial charge in [0.1, 0.15) is 11.3 Å². The Balaban J connectivity index is 1.40. The van der Waals surface area contributed by atoms with Gasteiger partial charge in [0.2, 0.25) is 5.78 Å². The average molecular weight is 491 g/mol. The Labute approximate surface area is 209 Å². The molecule has 188 valence electrons. The van der Waals surface area contributed by atoms with Gasteiger partial charge in [0, 0.05) is 64.0 Å². The maximum absolute atomic E-state index is 12.2. The molecular weight excluding hydrogens is 460 g/mol. The molecule has 3 aromatic rings. The summed E-state index contributed by atoms with van der Waals surface area (Å²) in [6.07, 6.45) is 2.10. The van der Waals surface area contributed by atoms with E-state index in [0.29, 0.717) is 51.8 Å². The predicted octanol–water partition coefficient (Wildman–Crippen LogP) is 1.86. The molecular formula is C26H30N6O4. The molecule has 4 heterocycles. The minimum absolute atomic E-state index is 0.161. The number of amides is 1. The molecule has 2 aliphatic heterocycles. The number of piperazine rings is 1. The molecule has 2 saturated heterocycles. The second kappa shape index (κ2) is 10.5. The van der Waals surface area contributed by atoms with Crippen molar-refractivity contribution >= 4 is 28.5 Å². The number of fused-ring (bicyclic) bond motifs is 1. The molecule has 5 rings (SSSR count). The van der Waals surface area contributed by atoms with Crippen LogP contribution in [-0.2, 0) is 20.9 Å². The summed E-state index contributed by atoms with van der Waals surface area (Å²) in [4.78, 5) is 44.4. The second-order valence-electron chi connectivity index (χ2n) is 9.08. The number of carbonyl (C=O) groups excluding carboxylic acids is 2. The molecule has 1 amide bonds. The van der Waals surface area contributed by atoms with Crippen LogP contribution >= 0.6 is 0 Å². The van der Waals surface area contributed by atoms with E-state index in [9.17, 15) is 14.7 Å². The molecule has 1 aromatic carbocycles. The summed E-state index contributed by atoms with van der Waals surface area (Å²) in [5.74, 6) is 0.749. The van der Waals surface area contributed by atoms with Crippen molar-refractivity contribution in [3.05, 3.63) is 42.1 Å². The average Bonchev–Trinajstić information content (AvgIpc) is 2.92. The number of ether oxygens (including phenoxy) is 1. The number of anilines is 1. The molecule has 0 unspecified atom stereocenters. The highest BCUT2D eigenvalue weighted by Crippen LogP contribution is 2.29. The monoisotopic (exact) mass is 490 g/mol. The van der Waals surface area contributed by atoms with Gasteiger partial charge in [-0.1, -0.05) is 19.1 Å². The van der Waals surface area contributed by atoms with Gasteiger partial charge in [0.05, 0.1) is 18.7 Å². The molecule has 1 N–H and O–H groups in total. The summed E-state index contributed by atoms with van der Waals surface area (Å²) in [5, 5.41) is 9.99. The normalized spacial score (nSPS) is 16.9. The van der Waals surface area contributed by atoms with Gasteiger partial charge in [-0.3, -0.25) is 19.5 Å². The van der Waals surface area contributed by atoms with E-state index >= 15 is 0 Å². The van der Waals surface area contributed by atoms with E-state index < -0.39 is 0 Å². The highest BCUT2D eigenvalue weighted by molar-refractivity contribution is 6.35. The minimum atomic E-state index is -0.378. The number of ketones is 1. The van der Waals surface area contributed by atoms with Gasteiger partial charge in [0.15, 0.2) is 11.6 Å². The first-order valence-corrected chi connectivity index (χ1v) is 12.3. The van der Waals surface area contributed by atoms with E-state index in [4.69, 9.17) is 19.7 Å². The van der Waals surface area contributed by atoms with Crippen LogP contribution in [0.5, 0.6) is 5.75 Å². The lowest BCUT2D eigenvalue weighted by Gasteiger charge is -2.34. The van der Waals surface area contributed by atoms with Crippen LogP contribution in [0.25, 0.3) is 22.4 Å². The molecule has 2 fully saturated rings. The first kappa shape index (κ1) is 24.1. The van der Waals surface area contributed by atoms with E-state index in [1.165, 1.54) is 0 Å². The number of carbonyl (C=O) groups is 2. The van der Waals surface area contributed by atoms with Crippen molar-refractivity contribution in [2.45, 2.75) is 19.9 Å². The van der Waals surface area contributed by atoms with Crippen molar-refractivity contribution < 1.29 is 19.4 Å². The van der Waals surface area contributed by atoms with Crippen molar-refractivity contribution in [3.8, 4) is 17.1 Å². The quantitative estimate of drug-likeness (QED) is 0.518. The molecule has 0 spiro atoms. The van der Waals surface area contributed by atoms with Gasteiger partial charge < -0.3 is 19.6 Å². The molecule has 0 atom stereocenters. The van der Waals surface area contributed by atoms with Crippen molar-refractivity contribution in [1.82, 2.24) is 24.8 Å². The Hall–Kier alpha value is -3.63. The highest BCUT2D eigenvalue weighted by Gasteiger charge is 2.25. The molecule has 10 nitrogen and oxygen atoms in total. The lowest BCUT2D eigenvalue weighted by molar-refractivity contribution is -0.145. The zero-order valence-corrected chi connectivity index (χ0v) is 20.4. The molecule has 0 radical (unpaired) electrons. The number of aromatic hydroxyl groups is 1. The third-order valence-corrected chi connectivity index (χ3v) is 6.61. The van der Waals surface area contributed by atoms with Crippen LogP contribution in [0.3, 0.4) is 0 Å². The summed E-state index contributed by atoms with van der Waals surface area (Å²) < 4.78 is 5.52. The maximum atomic E-state index is 12.2. The topological polar surface area (TPSA) is 112 Å². The standard InChI is InChI=1S/C26H30N6O4/c1-2-22(34)26(35)32-8-6-30(7-9-32)17-18-14-21-23(27-16-18)25(31-10-12-36-13-11-31)29-24(28-21)19-4-3-5-20(33)15-19/h3-5,14-16,33H,2,6-13,17H2,1H3. The Bertz CT molecular complexity index is 1270. The van der Waals surface area contributed by atoms with E-state index in [1.54, 1.807) is 30.0 Å². The lowest BCUT2D eigenvalue weighted by atomic mass is 10.1. The maximum Gasteiger partial charge on any atom is 0.290 e. The second-order valence-corrected chi connectivity index (χ2v) is 9.08. The lowest BCUT2D eigenvalue weighted by Crippen LogP contribution is -2.50. The van der Waals surface area contributed by atoms with Crippen LogP contribution in [0.2, 0.25) is 0 Å². The number of pyridine rings is 1. The minimum Gasteiger partial charge on any atom is -0.508 e. The Kier molecular flexibility index (Phi) is 7.06. The molecule has 36 heavy (non-hydrogen) atoms. The summed E-state index contributed by atoms with van der Waals surface area (Å²) >= 11 is 0. The van der Waals surface area contributed by atoms with Crippen molar-refractivity contribution in [2.75, 3.05) is 57.4 Å². The number of hydrogen-bond acceptors (Lipinski definition) is 9. The van der Waals surface area contributed by atoms with Gasteiger partial charge in [-0.05, 0) is 23.8 Å². The van der Waals surface area contributed by atoms with Crippen LogP contribution in [0, 0.1) is 0 Å². The fourth-order valence-corrected chi connectivity index (χ4v) is 4.60. The zero-order valence-electron chi connectivity index (χ0n) is 20.4. The van der Waals surface area contributed by atoms with E-state index in [2.05, 4.69) is 9.80 Å². The van der Waals surface area contributed by atoms with Crippen molar-refractivity contribution in [1.29, 1.82) is 0 Å². The number of phenols is 1.